The first kappa shape index (κ1) is 9.71. The summed E-state index contributed by atoms with van der Waals surface area (Å²) in [5.41, 5.74) is 2.43. The molecule has 0 spiro atoms. The quantitative estimate of drug-likeness (QED) is 0.771. The van der Waals surface area contributed by atoms with Gasteiger partial charge in [-0.2, -0.15) is 5.10 Å². The molecule has 0 bridgehead atoms. The highest BCUT2D eigenvalue weighted by atomic mass is 15.3. The highest BCUT2D eigenvalue weighted by Crippen LogP contribution is 2.27. The van der Waals surface area contributed by atoms with Crippen molar-refractivity contribution in [1.82, 2.24) is 15.1 Å². The minimum Gasteiger partial charge on any atom is -0.311 e. The molecular formula is C11H19N3. The van der Waals surface area contributed by atoms with Crippen LogP contribution in [0.3, 0.4) is 0 Å². The topological polar surface area (TPSA) is 29.9 Å². The number of aromatic nitrogens is 2. The summed E-state index contributed by atoms with van der Waals surface area (Å²) in [7, 11) is 0. The molecule has 1 N–H and O–H groups in total. The van der Waals surface area contributed by atoms with Crippen LogP contribution < -0.4 is 5.32 Å². The molecule has 2 rings (SSSR count). The molecule has 1 heterocycles. The van der Waals surface area contributed by atoms with E-state index in [4.69, 9.17) is 0 Å². The number of aryl methyl sites for hydroxylation is 2. The van der Waals surface area contributed by atoms with E-state index in [1.54, 1.807) is 0 Å². The van der Waals surface area contributed by atoms with Gasteiger partial charge in [0, 0.05) is 13.1 Å². The Morgan fingerprint density at radius 3 is 3.00 bits per heavy atom. The lowest BCUT2D eigenvalue weighted by Gasteiger charge is -2.05. The van der Waals surface area contributed by atoms with Crippen molar-refractivity contribution in [2.24, 2.45) is 5.92 Å². The predicted molar refractivity (Wildman–Crippen MR) is 57.1 cm³/mol. The molecule has 1 fully saturated rings. The second-order valence-electron chi connectivity index (χ2n) is 4.17. The summed E-state index contributed by atoms with van der Waals surface area (Å²) in [5.74, 6) is 0.953. The number of hydrogen-bond acceptors (Lipinski definition) is 2. The molecule has 0 unspecified atom stereocenters. The van der Waals surface area contributed by atoms with Crippen molar-refractivity contribution in [3.63, 3.8) is 0 Å². The molecule has 0 radical (unpaired) electrons. The van der Waals surface area contributed by atoms with Crippen molar-refractivity contribution in [1.29, 1.82) is 0 Å². The Bertz CT molecular complexity index is 299. The Balaban J connectivity index is 1.86. The van der Waals surface area contributed by atoms with Gasteiger partial charge in [-0.1, -0.05) is 0 Å². The van der Waals surface area contributed by atoms with Gasteiger partial charge in [0.1, 0.15) is 0 Å². The van der Waals surface area contributed by atoms with Crippen molar-refractivity contribution < 1.29 is 0 Å². The molecule has 1 aromatic heterocycles. The highest BCUT2D eigenvalue weighted by molar-refractivity contribution is 5.08. The largest absolute Gasteiger partial charge is 0.311 e. The first-order valence-corrected chi connectivity index (χ1v) is 5.53. The van der Waals surface area contributed by atoms with E-state index in [0.29, 0.717) is 0 Å². The third kappa shape index (κ3) is 2.35. The summed E-state index contributed by atoms with van der Waals surface area (Å²) >= 11 is 0. The van der Waals surface area contributed by atoms with Crippen LogP contribution >= 0.6 is 0 Å². The molecule has 3 nitrogen and oxygen atoms in total. The minimum absolute atomic E-state index is 0.953. The maximum absolute atomic E-state index is 4.42. The molecule has 0 atom stereocenters. The van der Waals surface area contributed by atoms with Crippen LogP contribution in [0.2, 0.25) is 0 Å². The van der Waals surface area contributed by atoms with Crippen molar-refractivity contribution in [2.45, 2.75) is 39.8 Å². The van der Waals surface area contributed by atoms with Gasteiger partial charge in [-0.15, -0.1) is 0 Å². The Hall–Kier alpha value is -0.830. The highest BCUT2D eigenvalue weighted by Gasteiger charge is 2.20. The van der Waals surface area contributed by atoms with Gasteiger partial charge >= 0.3 is 0 Å². The predicted octanol–water partition coefficient (Wildman–Crippen LogP) is 1.71. The lowest BCUT2D eigenvalue weighted by Crippen LogP contribution is -2.18. The molecule has 1 aromatic rings. The van der Waals surface area contributed by atoms with Gasteiger partial charge in [0.2, 0.25) is 0 Å². The molecular weight excluding hydrogens is 174 g/mol. The summed E-state index contributed by atoms with van der Waals surface area (Å²) < 4.78 is 2.08. The molecule has 0 saturated heterocycles. The van der Waals surface area contributed by atoms with Crippen LogP contribution in [0, 0.1) is 12.8 Å². The van der Waals surface area contributed by atoms with Gasteiger partial charge in [-0.25, -0.2) is 0 Å². The van der Waals surface area contributed by atoms with Crippen LogP contribution in [0.1, 0.15) is 31.2 Å². The van der Waals surface area contributed by atoms with Crippen LogP contribution in [-0.2, 0) is 13.1 Å². The molecule has 1 aliphatic carbocycles. The Morgan fingerprint density at radius 2 is 2.36 bits per heavy atom. The van der Waals surface area contributed by atoms with Gasteiger partial charge < -0.3 is 5.32 Å². The number of hydrogen-bond donors (Lipinski definition) is 1. The average Bonchev–Trinajstić information content (AvgIpc) is 2.90. The van der Waals surface area contributed by atoms with Crippen molar-refractivity contribution in [2.75, 3.05) is 6.54 Å². The van der Waals surface area contributed by atoms with Gasteiger partial charge in [0.15, 0.2) is 0 Å². The SMILES string of the molecule is CCn1nc(C)cc1CNCC1CC1. The second-order valence-corrected chi connectivity index (χ2v) is 4.17. The van der Waals surface area contributed by atoms with Crippen LogP contribution in [0.25, 0.3) is 0 Å². The summed E-state index contributed by atoms with van der Waals surface area (Å²) in [5, 5.41) is 7.91. The van der Waals surface area contributed by atoms with Gasteiger partial charge in [-0.05, 0) is 45.2 Å². The number of nitrogens with one attached hydrogen (secondary N) is 1. The van der Waals surface area contributed by atoms with Gasteiger partial charge in [0.25, 0.3) is 0 Å². The Kier molecular flexibility index (Phi) is 2.87. The van der Waals surface area contributed by atoms with Gasteiger partial charge in [-0.3, -0.25) is 4.68 Å². The van der Waals surface area contributed by atoms with Crippen LogP contribution in [0.5, 0.6) is 0 Å². The third-order valence-corrected chi connectivity index (χ3v) is 2.72. The van der Waals surface area contributed by atoms with Crippen molar-refractivity contribution >= 4 is 0 Å². The molecule has 1 aliphatic rings. The zero-order valence-corrected chi connectivity index (χ0v) is 9.08. The zero-order chi connectivity index (χ0) is 9.97. The lowest BCUT2D eigenvalue weighted by molar-refractivity contribution is 0.566. The van der Waals surface area contributed by atoms with Crippen LogP contribution in [0.15, 0.2) is 6.07 Å². The summed E-state index contributed by atoms with van der Waals surface area (Å²) in [6.07, 6.45) is 2.83. The third-order valence-electron chi connectivity index (χ3n) is 2.72. The summed E-state index contributed by atoms with van der Waals surface area (Å²) in [6, 6.07) is 2.17. The van der Waals surface area contributed by atoms with E-state index in [0.717, 1.165) is 24.7 Å². The first-order chi connectivity index (χ1) is 6.79. The Labute approximate surface area is 85.5 Å². The maximum atomic E-state index is 4.42. The Morgan fingerprint density at radius 1 is 1.57 bits per heavy atom. The zero-order valence-electron chi connectivity index (χ0n) is 9.08. The summed E-state index contributed by atoms with van der Waals surface area (Å²) in [4.78, 5) is 0. The molecule has 0 amide bonds. The molecule has 0 aromatic carbocycles. The van der Waals surface area contributed by atoms with Gasteiger partial charge in [0.05, 0.1) is 11.4 Å². The van der Waals surface area contributed by atoms with E-state index < -0.39 is 0 Å². The minimum atomic E-state index is 0.953. The molecule has 1 saturated carbocycles. The van der Waals surface area contributed by atoms with E-state index in [-0.39, 0.29) is 0 Å². The van der Waals surface area contributed by atoms with E-state index in [1.165, 1.54) is 25.1 Å². The number of rotatable bonds is 5. The molecule has 3 heteroatoms. The second kappa shape index (κ2) is 4.13. The van der Waals surface area contributed by atoms with E-state index in [9.17, 15) is 0 Å². The first-order valence-electron chi connectivity index (χ1n) is 5.53. The van der Waals surface area contributed by atoms with Crippen LogP contribution in [-0.4, -0.2) is 16.3 Å². The van der Waals surface area contributed by atoms with E-state index >= 15 is 0 Å². The summed E-state index contributed by atoms with van der Waals surface area (Å²) in [6.45, 7) is 7.29. The smallest absolute Gasteiger partial charge is 0.0597 e. The van der Waals surface area contributed by atoms with E-state index in [2.05, 4.69) is 35.0 Å². The fourth-order valence-electron chi connectivity index (χ4n) is 1.74. The van der Waals surface area contributed by atoms with Crippen LogP contribution in [0.4, 0.5) is 0 Å². The lowest BCUT2D eigenvalue weighted by atomic mass is 10.3. The number of nitrogens with zero attached hydrogens (tertiary/aromatic N) is 2. The van der Waals surface area contributed by atoms with Crippen molar-refractivity contribution in [3.8, 4) is 0 Å². The fourth-order valence-corrected chi connectivity index (χ4v) is 1.74. The maximum Gasteiger partial charge on any atom is 0.0597 e. The van der Waals surface area contributed by atoms with E-state index in [1.807, 2.05) is 0 Å². The monoisotopic (exact) mass is 193 g/mol. The molecule has 78 valence electrons. The fraction of sp³-hybridized carbons (Fsp3) is 0.727. The average molecular weight is 193 g/mol. The molecule has 0 aliphatic heterocycles. The molecule has 14 heavy (non-hydrogen) atoms. The normalized spacial score (nSPS) is 16.1. The van der Waals surface area contributed by atoms with Crippen molar-refractivity contribution in [3.05, 3.63) is 17.5 Å². The standard InChI is InChI=1S/C11H19N3/c1-3-14-11(6-9(2)13-14)8-12-7-10-4-5-10/h6,10,12H,3-5,7-8H2,1-2H3.